The van der Waals surface area contributed by atoms with Crippen LogP contribution in [-0.2, 0) is 9.47 Å². The number of anilines is 2. The second-order valence-electron chi connectivity index (χ2n) is 6.02. The summed E-state index contributed by atoms with van der Waals surface area (Å²) in [6.07, 6.45) is 0. The van der Waals surface area contributed by atoms with E-state index in [0.717, 1.165) is 5.69 Å². The van der Waals surface area contributed by atoms with Crippen molar-refractivity contribution in [2.75, 3.05) is 43.1 Å². The Morgan fingerprint density at radius 2 is 1.93 bits per heavy atom. The quantitative estimate of drug-likeness (QED) is 0.733. The standard InChI is InChI=1S/C20H21ClN2O4.ClH/c1-2-27-20(25)17-13-16(6-7-18(17)23-8-10-26-11-9-23)22-19(24)14-4-3-5-15(21)12-14;/h3-7,12-13H,2,8-11H2,1H3,(H,22,24);1H. The maximum atomic E-state index is 12.5. The lowest BCUT2D eigenvalue weighted by Crippen LogP contribution is -2.37. The van der Waals surface area contributed by atoms with E-state index in [4.69, 9.17) is 21.1 Å². The highest BCUT2D eigenvalue weighted by Gasteiger charge is 2.21. The Kier molecular flexibility index (Phi) is 8.11. The number of amides is 1. The molecule has 0 bridgehead atoms. The number of benzene rings is 2. The van der Waals surface area contributed by atoms with Gasteiger partial charge in [-0.2, -0.15) is 0 Å². The van der Waals surface area contributed by atoms with E-state index in [1.54, 1.807) is 43.3 Å². The largest absolute Gasteiger partial charge is 0.462 e. The first-order valence-corrected chi connectivity index (χ1v) is 9.17. The van der Waals surface area contributed by atoms with Crippen LogP contribution in [0.3, 0.4) is 0 Å². The number of nitrogens with one attached hydrogen (secondary N) is 1. The van der Waals surface area contributed by atoms with Crippen LogP contribution in [0.25, 0.3) is 0 Å². The Morgan fingerprint density at radius 3 is 2.61 bits per heavy atom. The lowest BCUT2D eigenvalue weighted by atomic mass is 10.1. The third-order valence-electron chi connectivity index (χ3n) is 4.19. The topological polar surface area (TPSA) is 67.9 Å². The van der Waals surface area contributed by atoms with Crippen LogP contribution in [-0.4, -0.2) is 44.8 Å². The number of hydrogen-bond donors (Lipinski definition) is 1. The van der Waals surface area contributed by atoms with Crippen LogP contribution in [0.2, 0.25) is 5.02 Å². The van der Waals surface area contributed by atoms with E-state index in [1.807, 2.05) is 6.07 Å². The summed E-state index contributed by atoms with van der Waals surface area (Å²) in [5, 5.41) is 3.29. The molecule has 1 heterocycles. The fourth-order valence-electron chi connectivity index (χ4n) is 2.90. The zero-order chi connectivity index (χ0) is 19.2. The van der Waals surface area contributed by atoms with Gasteiger partial charge < -0.3 is 19.7 Å². The monoisotopic (exact) mass is 424 g/mol. The first kappa shape index (κ1) is 22.0. The van der Waals surface area contributed by atoms with Gasteiger partial charge in [-0.3, -0.25) is 4.79 Å². The van der Waals surface area contributed by atoms with Crippen LogP contribution in [0.1, 0.15) is 27.6 Å². The summed E-state index contributed by atoms with van der Waals surface area (Å²) in [6, 6.07) is 11.9. The van der Waals surface area contributed by atoms with Crippen molar-refractivity contribution in [3.05, 3.63) is 58.6 Å². The van der Waals surface area contributed by atoms with E-state index in [1.165, 1.54) is 0 Å². The van der Waals surface area contributed by atoms with Gasteiger partial charge in [-0.15, -0.1) is 12.4 Å². The van der Waals surface area contributed by atoms with Crippen LogP contribution in [0.5, 0.6) is 0 Å². The van der Waals surface area contributed by atoms with E-state index >= 15 is 0 Å². The molecule has 3 rings (SSSR count). The molecule has 1 amide bonds. The van der Waals surface area contributed by atoms with E-state index in [9.17, 15) is 9.59 Å². The molecule has 2 aromatic rings. The van der Waals surface area contributed by atoms with Gasteiger partial charge in [0, 0.05) is 29.4 Å². The molecule has 150 valence electrons. The molecule has 0 atom stereocenters. The fraction of sp³-hybridized carbons (Fsp3) is 0.300. The predicted octanol–water partition coefficient (Wildman–Crippen LogP) is 4.03. The molecule has 1 saturated heterocycles. The number of halogens is 2. The van der Waals surface area contributed by atoms with Gasteiger partial charge >= 0.3 is 5.97 Å². The van der Waals surface area contributed by atoms with Crippen LogP contribution < -0.4 is 10.2 Å². The van der Waals surface area contributed by atoms with Gasteiger partial charge in [-0.05, 0) is 43.3 Å². The lowest BCUT2D eigenvalue weighted by Gasteiger charge is -2.30. The number of morpholine rings is 1. The van der Waals surface area contributed by atoms with E-state index in [0.29, 0.717) is 48.1 Å². The number of carbonyl (C=O) groups excluding carboxylic acids is 2. The van der Waals surface area contributed by atoms with Crippen LogP contribution in [0.4, 0.5) is 11.4 Å². The van der Waals surface area contributed by atoms with E-state index < -0.39 is 5.97 Å². The first-order chi connectivity index (χ1) is 13.1. The molecule has 0 saturated carbocycles. The normalized spacial score (nSPS) is 13.4. The number of ether oxygens (including phenoxy) is 2. The number of hydrogen-bond acceptors (Lipinski definition) is 5. The van der Waals surface area contributed by atoms with Crippen molar-refractivity contribution in [2.45, 2.75) is 6.92 Å². The van der Waals surface area contributed by atoms with Crippen LogP contribution in [0, 0.1) is 0 Å². The molecule has 0 unspecified atom stereocenters. The smallest absolute Gasteiger partial charge is 0.340 e. The highest BCUT2D eigenvalue weighted by molar-refractivity contribution is 6.31. The Bertz CT molecular complexity index is 839. The SMILES string of the molecule is CCOC(=O)c1cc(NC(=O)c2cccc(Cl)c2)ccc1N1CCOCC1.Cl. The second-order valence-corrected chi connectivity index (χ2v) is 6.45. The summed E-state index contributed by atoms with van der Waals surface area (Å²) in [5.74, 6) is -0.718. The average molecular weight is 425 g/mol. The van der Waals surface area contributed by atoms with Crippen molar-refractivity contribution in [3.63, 3.8) is 0 Å². The highest BCUT2D eigenvalue weighted by Crippen LogP contribution is 2.26. The van der Waals surface area contributed by atoms with Gasteiger partial charge in [0.05, 0.1) is 31.1 Å². The van der Waals surface area contributed by atoms with Crippen molar-refractivity contribution in [1.82, 2.24) is 0 Å². The molecule has 28 heavy (non-hydrogen) atoms. The van der Waals surface area contributed by atoms with Gasteiger partial charge in [0.2, 0.25) is 0 Å². The first-order valence-electron chi connectivity index (χ1n) is 8.79. The Labute approximate surface area is 175 Å². The fourth-order valence-corrected chi connectivity index (χ4v) is 3.09. The Hall–Kier alpha value is -2.28. The number of carbonyl (C=O) groups is 2. The summed E-state index contributed by atoms with van der Waals surface area (Å²) in [4.78, 5) is 27.0. The molecule has 0 radical (unpaired) electrons. The number of rotatable bonds is 5. The minimum absolute atomic E-state index is 0. The van der Waals surface area contributed by atoms with Crippen molar-refractivity contribution < 1.29 is 19.1 Å². The molecule has 2 aromatic carbocycles. The molecule has 8 heteroatoms. The summed E-state index contributed by atoms with van der Waals surface area (Å²) < 4.78 is 10.6. The molecule has 6 nitrogen and oxygen atoms in total. The van der Waals surface area contributed by atoms with E-state index in [2.05, 4.69) is 10.2 Å². The zero-order valence-corrected chi connectivity index (χ0v) is 17.0. The molecule has 0 aromatic heterocycles. The highest BCUT2D eigenvalue weighted by atomic mass is 35.5. The molecule has 0 aliphatic carbocycles. The lowest BCUT2D eigenvalue weighted by molar-refractivity contribution is 0.0526. The summed E-state index contributed by atoms with van der Waals surface area (Å²) in [5.41, 5.74) is 2.15. The minimum atomic E-state index is -0.419. The predicted molar refractivity (Wildman–Crippen MR) is 112 cm³/mol. The van der Waals surface area contributed by atoms with Crippen LogP contribution >= 0.6 is 24.0 Å². The molecule has 1 fully saturated rings. The summed E-state index contributed by atoms with van der Waals surface area (Å²) in [7, 11) is 0. The second kappa shape index (κ2) is 10.3. The van der Waals surface area contributed by atoms with Crippen molar-refractivity contribution in [1.29, 1.82) is 0 Å². The minimum Gasteiger partial charge on any atom is -0.462 e. The van der Waals surface area contributed by atoms with Crippen molar-refractivity contribution in [2.24, 2.45) is 0 Å². The van der Waals surface area contributed by atoms with Gasteiger partial charge in [-0.25, -0.2) is 4.79 Å². The van der Waals surface area contributed by atoms with Gasteiger partial charge in [0.15, 0.2) is 0 Å². The molecule has 0 spiro atoms. The average Bonchev–Trinajstić information content (AvgIpc) is 2.69. The third-order valence-corrected chi connectivity index (χ3v) is 4.42. The molecular formula is C20H22Cl2N2O4. The molecule has 1 N–H and O–H groups in total. The molecule has 1 aliphatic rings. The Balaban J connectivity index is 0.00000280. The Morgan fingerprint density at radius 1 is 1.18 bits per heavy atom. The summed E-state index contributed by atoms with van der Waals surface area (Å²) >= 11 is 5.94. The zero-order valence-electron chi connectivity index (χ0n) is 15.4. The van der Waals surface area contributed by atoms with Crippen LogP contribution in [0.15, 0.2) is 42.5 Å². The maximum absolute atomic E-state index is 12.5. The van der Waals surface area contributed by atoms with E-state index in [-0.39, 0.29) is 24.9 Å². The van der Waals surface area contributed by atoms with Gasteiger partial charge in [0.1, 0.15) is 0 Å². The summed E-state index contributed by atoms with van der Waals surface area (Å²) in [6.45, 7) is 4.64. The van der Waals surface area contributed by atoms with Gasteiger partial charge in [0.25, 0.3) is 5.91 Å². The number of nitrogens with zero attached hydrogens (tertiary/aromatic N) is 1. The van der Waals surface area contributed by atoms with Crippen molar-refractivity contribution in [3.8, 4) is 0 Å². The maximum Gasteiger partial charge on any atom is 0.340 e. The van der Waals surface area contributed by atoms with Gasteiger partial charge in [-0.1, -0.05) is 17.7 Å². The third kappa shape index (κ3) is 5.38. The number of esters is 1. The molecule has 1 aliphatic heterocycles. The van der Waals surface area contributed by atoms with Crippen molar-refractivity contribution >= 4 is 47.3 Å². The molecular weight excluding hydrogens is 403 g/mol.